The van der Waals surface area contributed by atoms with Gasteiger partial charge in [-0.3, -0.25) is 13.9 Å². The summed E-state index contributed by atoms with van der Waals surface area (Å²) in [4.78, 5) is 27.4. The van der Waals surface area contributed by atoms with E-state index in [4.69, 9.17) is 0 Å². The average Bonchev–Trinajstić information content (AvgIpc) is 3.03. The molecule has 0 saturated heterocycles. The van der Waals surface area contributed by atoms with Gasteiger partial charge in [0.15, 0.2) is 11.6 Å². The normalized spacial score (nSPS) is 13.5. The number of aryl methyl sites for hydroxylation is 2. The number of halogens is 2. The summed E-state index contributed by atoms with van der Waals surface area (Å²) in [5.41, 5.74) is 3.98. The number of anilines is 1. The third-order valence-corrected chi connectivity index (χ3v) is 9.95. The predicted molar refractivity (Wildman–Crippen MR) is 186 cm³/mol. The van der Waals surface area contributed by atoms with Crippen molar-refractivity contribution in [3.63, 3.8) is 0 Å². The van der Waals surface area contributed by atoms with Crippen LogP contribution in [-0.4, -0.2) is 44.5 Å². The van der Waals surface area contributed by atoms with E-state index in [0.29, 0.717) is 24.8 Å². The van der Waals surface area contributed by atoms with Crippen LogP contribution in [0, 0.1) is 24.5 Å². The fourth-order valence-corrected chi connectivity index (χ4v) is 6.44. The Labute approximate surface area is 282 Å². The topological polar surface area (TPSA) is 91.8 Å². The molecule has 0 saturated carbocycles. The van der Waals surface area contributed by atoms with Gasteiger partial charge in [0.25, 0.3) is 0 Å². The number of hydrogen-bond acceptors (Lipinski definition) is 5. The van der Waals surface area contributed by atoms with Crippen molar-refractivity contribution in [2.75, 3.05) is 17.6 Å². The van der Waals surface area contributed by atoms with E-state index in [1.54, 1.807) is 0 Å². The van der Waals surface area contributed by atoms with E-state index in [-0.39, 0.29) is 47.8 Å². The summed E-state index contributed by atoms with van der Waals surface area (Å²) < 4.78 is 54.2. The molecule has 4 aromatic carbocycles. The van der Waals surface area contributed by atoms with Gasteiger partial charge in [-0.05, 0) is 91.5 Å². The molecule has 0 heterocycles. The van der Waals surface area contributed by atoms with Crippen LogP contribution in [0.4, 0.5) is 14.5 Å². The number of benzene rings is 4. The number of aliphatic hydroxyl groups is 1. The molecule has 4 aromatic rings. The van der Waals surface area contributed by atoms with Crippen molar-refractivity contribution in [1.82, 2.24) is 0 Å². The summed E-state index contributed by atoms with van der Waals surface area (Å²) in [5, 5.41) is 11.4. The van der Waals surface area contributed by atoms with Gasteiger partial charge in [-0.15, -0.1) is 0 Å². The highest BCUT2D eigenvalue weighted by Crippen LogP contribution is 2.29. The van der Waals surface area contributed by atoms with E-state index in [9.17, 15) is 31.9 Å². The fourth-order valence-electron chi connectivity index (χ4n) is 5.95. The highest BCUT2D eigenvalue weighted by Gasteiger charge is 2.26. The lowest BCUT2D eigenvalue weighted by molar-refractivity contribution is 0.0747. The molecule has 48 heavy (non-hydrogen) atoms. The summed E-state index contributed by atoms with van der Waals surface area (Å²) in [6.45, 7) is 3.93. The molecule has 0 aliphatic carbocycles. The molecule has 0 radical (unpaired) electrons. The first-order chi connectivity index (χ1) is 22.7. The molecule has 254 valence electrons. The van der Waals surface area contributed by atoms with Crippen LogP contribution >= 0.6 is 0 Å². The number of sulfonamides is 1. The minimum Gasteiger partial charge on any atom is -0.393 e. The first-order valence-electron chi connectivity index (χ1n) is 16.1. The Morgan fingerprint density at radius 2 is 1.44 bits per heavy atom. The number of Topliss-reactive ketones (excluding diaryl/α,β-unsaturated/α-hetero) is 2. The second-order valence-corrected chi connectivity index (χ2v) is 14.8. The molecule has 0 unspecified atom stereocenters. The van der Waals surface area contributed by atoms with Gasteiger partial charge >= 0.3 is 0 Å². The van der Waals surface area contributed by atoms with Gasteiger partial charge in [-0.1, -0.05) is 67.1 Å². The average molecular weight is 676 g/mol. The molecule has 9 heteroatoms. The number of carbonyl (C=O) groups is 2. The zero-order valence-electron chi connectivity index (χ0n) is 27.8. The minimum atomic E-state index is -3.73. The molecule has 0 spiro atoms. The molecule has 6 nitrogen and oxygen atoms in total. The van der Waals surface area contributed by atoms with Crippen molar-refractivity contribution in [3.8, 4) is 0 Å². The van der Waals surface area contributed by atoms with Crippen LogP contribution in [0.5, 0.6) is 0 Å². The van der Waals surface area contributed by atoms with Crippen LogP contribution in [0.25, 0.3) is 0 Å². The summed E-state index contributed by atoms with van der Waals surface area (Å²) in [5.74, 6) is -3.03. The molecule has 0 aliphatic heterocycles. The number of aliphatic hydroxyl groups excluding tert-OH is 1. The van der Waals surface area contributed by atoms with Crippen LogP contribution in [0.1, 0.15) is 81.5 Å². The van der Waals surface area contributed by atoms with Gasteiger partial charge in [0.1, 0.15) is 11.6 Å². The maximum Gasteiger partial charge on any atom is 0.231 e. The Morgan fingerprint density at radius 1 is 0.812 bits per heavy atom. The van der Waals surface area contributed by atoms with E-state index < -0.39 is 39.5 Å². The molecular formula is C39H43F2NO5S. The summed E-state index contributed by atoms with van der Waals surface area (Å²) in [6, 6.07) is 25.1. The Kier molecular flexibility index (Phi) is 12.4. The first-order valence-corrected chi connectivity index (χ1v) is 17.9. The van der Waals surface area contributed by atoms with Gasteiger partial charge in [0.2, 0.25) is 10.0 Å². The molecule has 3 atom stereocenters. The van der Waals surface area contributed by atoms with Crippen LogP contribution in [0.15, 0.2) is 91.0 Å². The van der Waals surface area contributed by atoms with Crippen molar-refractivity contribution >= 4 is 27.3 Å². The molecule has 0 amide bonds. The second-order valence-electron chi connectivity index (χ2n) is 12.8. The van der Waals surface area contributed by atoms with E-state index in [2.05, 4.69) is 6.07 Å². The summed E-state index contributed by atoms with van der Waals surface area (Å²) in [6.07, 6.45) is 1.72. The van der Waals surface area contributed by atoms with Crippen LogP contribution < -0.4 is 4.31 Å². The van der Waals surface area contributed by atoms with Crippen LogP contribution in [-0.2, 0) is 22.9 Å². The third-order valence-electron chi connectivity index (χ3n) is 8.74. The number of ketones is 2. The van der Waals surface area contributed by atoms with Gasteiger partial charge < -0.3 is 5.11 Å². The lowest BCUT2D eigenvalue weighted by atomic mass is 9.85. The number of carbonyl (C=O) groups excluding carboxylic acids is 2. The zero-order chi connectivity index (χ0) is 35.0. The maximum atomic E-state index is 14.1. The van der Waals surface area contributed by atoms with Crippen molar-refractivity contribution in [1.29, 1.82) is 0 Å². The second kappa shape index (κ2) is 16.3. The van der Waals surface area contributed by atoms with Crippen molar-refractivity contribution in [2.24, 2.45) is 5.92 Å². The van der Waals surface area contributed by atoms with E-state index >= 15 is 0 Å². The lowest BCUT2D eigenvalue weighted by Gasteiger charge is -2.24. The number of rotatable bonds is 16. The Hall–Kier alpha value is -4.21. The summed E-state index contributed by atoms with van der Waals surface area (Å²) in [7, 11) is -2.38. The highest BCUT2D eigenvalue weighted by molar-refractivity contribution is 7.92. The minimum absolute atomic E-state index is 0.0370. The Morgan fingerprint density at radius 3 is 2.04 bits per heavy atom. The van der Waals surface area contributed by atoms with Crippen LogP contribution in [0.3, 0.4) is 0 Å². The predicted octanol–water partition coefficient (Wildman–Crippen LogP) is 7.86. The maximum absolute atomic E-state index is 14.1. The van der Waals surface area contributed by atoms with Gasteiger partial charge in [0, 0.05) is 37.1 Å². The molecule has 1 N–H and O–H groups in total. The van der Waals surface area contributed by atoms with Crippen molar-refractivity contribution < 1.29 is 31.9 Å². The van der Waals surface area contributed by atoms with Crippen LogP contribution in [0.2, 0.25) is 0 Å². The SMILES string of the molecule is Cc1cccc(CCC[C@@H](O)[C@@H](CC(=O)c2cc(C(=O)C[C@H](C)c3ccccc3)cc(N(C)S(C)(=O)=O)c2)Cc2cc(F)cc(F)c2)c1. The number of nitrogens with zero attached hydrogens (tertiary/aromatic N) is 1. The van der Waals surface area contributed by atoms with E-state index in [1.807, 2.05) is 62.4 Å². The fraction of sp³-hybridized carbons (Fsp3) is 0.333. The standard InChI is InChI=1S/C39H43F2NO5S/c1-26-10-8-11-28(16-26)12-9-15-37(43)31(18-29-19-34(40)25-35(41)20-29)24-39(45)33-21-32(22-36(23-33)42(3)48(4,46)47)38(44)17-27(2)30-13-6-5-7-14-30/h5-8,10-11,13-14,16,19-23,25,27,31,37,43H,9,12,15,17-18,24H2,1-4H3/t27-,31+,37+/m0/s1. The smallest absolute Gasteiger partial charge is 0.231 e. The Bertz CT molecular complexity index is 1820. The molecule has 0 aliphatic rings. The van der Waals surface area contributed by atoms with E-state index in [0.717, 1.165) is 33.3 Å². The quantitative estimate of drug-likeness (QED) is 0.122. The van der Waals surface area contributed by atoms with Gasteiger partial charge in [-0.2, -0.15) is 0 Å². The van der Waals surface area contributed by atoms with Gasteiger partial charge in [0.05, 0.1) is 18.0 Å². The third kappa shape index (κ3) is 10.4. The molecule has 0 aromatic heterocycles. The molecule has 4 rings (SSSR count). The number of hydrogen-bond donors (Lipinski definition) is 1. The summed E-state index contributed by atoms with van der Waals surface area (Å²) >= 11 is 0. The first kappa shape index (κ1) is 36.6. The largest absolute Gasteiger partial charge is 0.393 e. The zero-order valence-corrected chi connectivity index (χ0v) is 28.6. The Balaban J connectivity index is 1.62. The monoisotopic (exact) mass is 675 g/mol. The van der Waals surface area contributed by atoms with Crippen molar-refractivity contribution in [2.45, 2.75) is 64.4 Å². The molecular weight excluding hydrogens is 632 g/mol. The lowest BCUT2D eigenvalue weighted by Crippen LogP contribution is -2.27. The van der Waals surface area contributed by atoms with Crippen molar-refractivity contribution in [3.05, 3.63) is 136 Å². The highest BCUT2D eigenvalue weighted by atomic mass is 32.2. The van der Waals surface area contributed by atoms with E-state index in [1.165, 1.54) is 37.4 Å². The van der Waals surface area contributed by atoms with Gasteiger partial charge in [-0.25, -0.2) is 17.2 Å². The molecule has 0 bridgehead atoms. The molecule has 0 fully saturated rings.